The number of carboxylic acids is 1. The number of aromatic nitrogens is 3. The SMILES string of the molecule is CC(C)c1c(C(=O)O)nnn1CC1CC1. The van der Waals surface area contributed by atoms with Gasteiger partial charge in [0.15, 0.2) is 5.69 Å². The van der Waals surface area contributed by atoms with Crippen LogP contribution in [0.2, 0.25) is 0 Å². The van der Waals surface area contributed by atoms with Crippen LogP contribution in [-0.4, -0.2) is 26.1 Å². The first-order valence-electron chi connectivity index (χ1n) is 5.26. The van der Waals surface area contributed by atoms with E-state index < -0.39 is 5.97 Å². The summed E-state index contributed by atoms with van der Waals surface area (Å²) in [7, 11) is 0. The van der Waals surface area contributed by atoms with Gasteiger partial charge in [0.05, 0.1) is 5.69 Å². The minimum absolute atomic E-state index is 0.102. The van der Waals surface area contributed by atoms with Gasteiger partial charge in [0.1, 0.15) is 0 Å². The molecule has 0 aliphatic heterocycles. The van der Waals surface area contributed by atoms with E-state index in [9.17, 15) is 4.79 Å². The van der Waals surface area contributed by atoms with Gasteiger partial charge < -0.3 is 5.11 Å². The molecule has 5 heteroatoms. The van der Waals surface area contributed by atoms with Gasteiger partial charge in [0, 0.05) is 6.54 Å². The van der Waals surface area contributed by atoms with Gasteiger partial charge in [0.2, 0.25) is 0 Å². The third-order valence-corrected chi connectivity index (χ3v) is 2.65. The van der Waals surface area contributed by atoms with E-state index in [1.165, 1.54) is 12.8 Å². The number of carboxylic acid groups (broad SMARTS) is 1. The van der Waals surface area contributed by atoms with Crippen LogP contribution in [0.15, 0.2) is 0 Å². The fourth-order valence-corrected chi connectivity index (χ4v) is 1.72. The summed E-state index contributed by atoms with van der Waals surface area (Å²) in [5, 5.41) is 16.6. The fraction of sp³-hybridized carbons (Fsp3) is 0.700. The Balaban J connectivity index is 2.31. The van der Waals surface area contributed by atoms with Gasteiger partial charge >= 0.3 is 5.97 Å². The average molecular weight is 209 g/mol. The second-order valence-corrected chi connectivity index (χ2v) is 4.41. The quantitative estimate of drug-likeness (QED) is 0.816. The lowest BCUT2D eigenvalue weighted by Crippen LogP contribution is -2.11. The monoisotopic (exact) mass is 209 g/mol. The number of hydrogen-bond donors (Lipinski definition) is 1. The van der Waals surface area contributed by atoms with Gasteiger partial charge in [-0.25, -0.2) is 9.48 Å². The summed E-state index contributed by atoms with van der Waals surface area (Å²) in [6, 6.07) is 0. The molecule has 1 aromatic heterocycles. The molecule has 0 spiro atoms. The molecule has 0 bridgehead atoms. The first-order valence-corrected chi connectivity index (χ1v) is 5.26. The highest BCUT2D eigenvalue weighted by Gasteiger charge is 2.27. The summed E-state index contributed by atoms with van der Waals surface area (Å²) in [5.74, 6) is -0.170. The molecule has 1 aromatic rings. The predicted molar refractivity (Wildman–Crippen MR) is 53.8 cm³/mol. The van der Waals surface area contributed by atoms with E-state index in [2.05, 4.69) is 10.3 Å². The molecule has 1 heterocycles. The lowest BCUT2D eigenvalue weighted by Gasteiger charge is -2.08. The van der Waals surface area contributed by atoms with Crippen molar-refractivity contribution in [2.24, 2.45) is 5.92 Å². The Morgan fingerprint density at radius 1 is 1.60 bits per heavy atom. The second-order valence-electron chi connectivity index (χ2n) is 4.41. The third-order valence-electron chi connectivity index (χ3n) is 2.65. The molecule has 0 saturated heterocycles. The molecule has 1 saturated carbocycles. The van der Waals surface area contributed by atoms with Crippen molar-refractivity contribution < 1.29 is 9.90 Å². The molecular formula is C10H15N3O2. The van der Waals surface area contributed by atoms with Crippen molar-refractivity contribution >= 4 is 5.97 Å². The van der Waals surface area contributed by atoms with Crippen molar-refractivity contribution in [1.82, 2.24) is 15.0 Å². The summed E-state index contributed by atoms with van der Waals surface area (Å²) in [6.07, 6.45) is 2.44. The van der Waals surface area contributed by atoms with Crippen LogP contribution < -0.4 is 0 Å². The van der Waals surface area contributed by atoms with Crippen LogP contribution >= 0.6 is 0 Å². The number of carbonyl (C=O) groups is 1. The van der Waals surface area contributed by atoms with Crippen LogP contribution in [0.25, 0.3) is 0 Å². The third kappa shape index (κ3) is 2.00. The topological polar surface area (TPSA) is 68.0 Å². The van der Waals surface area contributed by atoms with Gasteiger partial charge in [-0.15, -0.1) is 5.10 Å². The van der Waals surface area contributed by atoms with Crippen LogP contribution in [0, 0.1) is 5.92 Å². The zero-order valence-corrected chi connectivity index (χ0v) is 8.97. The first-order chi connectivity index (χ1) is 7.09. The van der Waals surface area contributed by atoms with E-state index >= 15 is 0 Å². The van der Waals surface area contributed by atoms with Gasteiger partial charge in [-0.05, 0) is 24.7 Å². The minimum atomic E-state index is -0.985. The highest BCUT2D eigenvalue weighted by Crippen LogP contribution is 2.31. The lowest BCUT2D eigenvalue weighted by molar-refractivity contribution is 0.0688. The Hall–Kier alpha value is -1.39. The Labute approximate surface area is 88.1 Å². The summed E-state index contributed by atoms with van der Waals surface area (Å²) in [5.41, 5.74) is 0.847. The van der Waals surface area contributed by atoms with Crippen LogP contribution in [0.4, 0.5) is 0 Å². The maximum atomic E-state index is 10.9. The molecule has 5 nitrogen and oxygen atoms in total. The van der Waals surface area contributed by atoms with E-state index in [0.717, 1.165) is 12.2 Å². The van der Waals surface area contributed by atoms with Gasteiger partial charge in [-0.3, -0.25) is 0 Å². The zero-order valence-electron chi connectivity index (χ0n) is 8.97. The standard InChI is InChI=1S/C10H15N3O2/c1-6(2)9-8(10(14)15)11-12-13(9)5-7-3-4-7/h6-7H,3-5H2,1-2H3,(H,14,15). The van der Waals surface area contributed by atoms with Crippen molar-refractivity contribution in [3.05, 3.63) is 11.4 Å². The molecule has 1 aliphatic carbocycles. The largest absolute Gasteiger partial charge is 0.476 e. The molecule has 0 unspecified atom stereocenters. The predicted octanol–water partition coefficient (Wildman–Crippen LogP) is 1.51. The highest BCUT2D eigenvalue weighted by atomic mass is 16.4. The number of hydrogen-bond acceptors (Lipinski definition) is 3. The van der Waals surface area contributed by atoms with E-state index in [1.807, 2.05) is 13.8 Å². The molecule has 15 heavy (non-hydrogen) atoms. The van der Waals surface area contributed by atoms with Crippen LogP contribution in [0.1, 0.15) is 48.8 Å². The molecule has 0 amide bonds. The minimum Gasteiger partial charge on any atom is -0.476 e. The summed E-state index contributed by atoms with van der Waals surface area (Å²) < 4.78 is 1.76. The zero-order chi connectivity index (χ0) is 11.0. The van der Waals surface area contributed by atoms with Crippen LogP contribution in [-0.2, 0) is 6.54 Å². The summed E-state index contributed by atoms with van der Waals surface area (Å²) in [6.45, 7) is 4.75. The maximum absolute atomic E-state index is 10.9. The normalized spacial score (nSPS) is 15.9. The lowest BCUT2D eigenvalue weighted by atomic mass is 10.1. The Bertz CT molecular complexity index is 380. The molecule has 0 atom stereocenters. The van der Waals surface area contributed by atoms with E-state index in [0.29, 0.717) is 5.92 Å². The van der Waals surface area contributed by atoms with E-state index in [1.54, 1.807) is 4.68 Å². The molecule has 0 radical (unpaired) electrons. The summed E-state index contributed by atoms with van der Waals surface area (Å²) in [4.78, 5) is 10.9. The Kier molecular flexibility index (Phi) is 2.46. The Morgan fingerprint density at radius 2 is 2.27 bits per heavy atom. The van der Waals surface area contributed by atoms with Crippen molar-refractivity contribution in [2.45, 2.75) is 39.2 Å². The van der Waals surface area contributed by atoms with Crippen LogP contribution in [0.5, 0.6) is 0 Å². The van der Waals surface area contributed by atoms with E-state index in [-0.39, 0.29) is 11.6 Å². The van der Waals surface area contributed by atoms with Gasteiger partial charge in [-0.1, -0.05) is 19.1 Å². The van der Waals surface area contributed by atoms with Crippen molar-refractivity contribution in [3.63, 3.8) is 0 Å². The first kappa shape index (κ1) is 10.1. The molecule has 1 aliphatic rings. The average Bonchev–Trinajstić information content (AvgIpc) is 2.82. The smallest absolute Gasteiger partial charge is 0.358 e. The molecule has 1 fully saturated rings. The molecule has 1 N–H and O–H groups in total. The molecule has 2 rings (SSSR count). The summed E-state index contributed by atoms with van der Waals surface area (Å²) >= 11 is 0. The second kappa shape index (κ2) is 3.64. The van der Waals surface area contributed by atoms with E-state index in [4.69, 9.17) is 5.11 Å². The Morgan fingerprint density at radius 3 is 2.73 bits per heavy atom. The molecule has 0 aromatic carbocycles. The van der Waals surface area contributed by atoms with Crippen LogP contribution in [0.3, 0.4) is 0 Å². The number of aromatic carboxylic acids is 1. The van der Waals surface area contributed by atoms with Crippen molar-refractivity contribution in [1.29, 1.82) is 0 Å². The number of nitrogens with zero attached hydrogens (tertiary/aromatic N) is 3. The van der Waals surface area contributed by atoms with Crippen molar-refractivity contribution in [2.75, 3.05) is 0 Å². The molecular weight excluding hydrogens is 194 g/mol. The number of rotatable bonds is 4. The van der Waals surface area contributed by atoms with Gasteiger partial charge in [-0.2, -0.15) is 0 Å². The highest BCUT2D eigenvalue weighted by molar-refractivity contribution is 5.86. The van der Waals surface area contributed by atoms with Gasteiger partial charge in [0.25, 0.3) is 0 Å². The molecule has 82 valence electrons. The fourth-order valence-electron chi connectivity index (χ4n) is 1.72. The maximum Gasteiger partial charge on any atom is 0.358 e. The van der Waals surface area contributed by atoms with Crippen molar-refractivity contribution in [3.8, 4) is 0 Å².